The van der Waals surface area contributed by atoms with Crippen molar-refractivity contribution in [2.75, 3.05) is 7.11 Å². The van der Waals surface area contributed by atoms with Gasteiger partial charge in [0.1, 0.15) is 0 Å². The van der Waals surface area contributed by atoms with Crippen molar-refractivity contribution in [3.05, 3.63) is 0 Å². The maximum Gasteiger partial charge on any atom is 0.405 e. The van der Waals surface area contributed by atoms with Gasteiger partial charge in [-0.1, -0.05) is 0 Å². The van der Waals surface area contributed by atoms with E-state index in [1.165, 1.54) is 14.0 Å². The highest BCUT2D eigenvalue weighted by atomic mass is 16.6. The molecule has 0 radical (unpaired) electrons. The van der Waals surface area contributed by atoms with Crippen molar-refractivity contribution >= 4 is 12.1 Å². The van der Waals surface area contributed by atoms with E-state index in [0.29, 0.717) is 0 Å². The molecule has 2 N–H and O–H groups in total. The summed E-state index contributed by atoms with van der Waals surface area (Å²) in [5, 5.41) is 0. The summed E-state index contributed by atoms with van der Waals surface area (Å²) in [5.74, 6) is -0.626. The number of carbonyl (C=O) groups is 2. The lowest BCUT2D eigenvalue weighted by Crippen LogP contribution is -2.28. The van der Waals surface area contributed by atoms with Crippen molar-refractivity contribution in [2.45, 2.75) is 13.0 Å². The van der Waals surface area contributed by atoms with Crippen molar-refractivity contribution in [2.24, 2.45) is 5.73 Å². The molecule has 0 unspecified atom stereocenters. The third kappa shape index (κ3) is 2.91. The number of carbonyl (C=O) groups excluding carboxylic acids is 2. The molecule has 58 valence electrons. The lowest BCUT2D eigenvalue weighted by Gasteiger charge is -2.07. The first-order chi connectivity index (χ1) is 4.57. The minimum Gasteiger partial charge on any atom is -0.466 e. The smallest absolute Gasteiger partial charge is 0.405 e. The molecule has 0 aliphatic heterocycles. The molecule has 0 bridgehead atoms. The van der Waals surface area contributed by atoms with Gasteiger partial charge in [0.05, 0.1) is 7.11 Å². The first kappa shape index (κ1) is 8.74. The Bertz CT molecular complexity index is 145. The minimum atomic E-state index is -0.988. The number of amides is 1. The second-order valence-electron chi connectivity index (χ2n) is 1.60. The quantitative estimate of drug-likeness (QED) is 0.541. The zero-order chi connectivity index (χ0) is 8.15. The SMILES string of the molecule is COC(=O)[C@@H](C)OC(N)=O. The van der Waals surface area contributed by atoms with E-state index in [1.807, 2.05) is 0 Å². The van der Waals surface area contributed by atoms with E-state index in [4.69, 9.17) is 0 Å². The molecule has 0 saturated carbocycles. The molecule has 0 aromatic heterocycles. The second kappa shape index (κ2) is 3.71. The number of hydrogen-bond donors (Lipinski definition) is 1. The van der Waals surface area contributed by atoms with E-state index in [9.17, 15) is 9.59 Å². The molecular formula is C5H9NO4. The fourth-order valence-electron chi connectivity index (χ4n) is 0.388. The van der Waals surface area contributed by atoms with Gasteiger partial charge in [-0.3, -0.25) is 0 Å². The molecule has 0 spiro atoms. The molecule has 0 aromatic carbocycles. The number of methoxy groups -OCH3 is 1. The molecule has 10 heavy (non-hydrogen) atoms. The van der Waals surface area contributed by atoms with E-state index in [0.717, 1.165) is 0 Å². The Labute approximate surface area is 58.1 Å². The maximum atomic E-state index is 10.5. The van der Waals surface area contributed by atoms with Gasteiger partial charge in [-0.05, 0) is 6.92 Å². The Hall–Kier alpha value is -1.26. The van der Waals surface area contributed by atoms with E-state index >= 15 is 0 Å². The highest BCUT2D eigenvalue weighted by molar-refractivity contribution is 5.77. The normalized spacial score (nSPS) is 11.8. The third-order valence-electron chi connectivity index (χ3n) is 0.826. The molecule has 5 heteroatoms. The molecule has 1 amide bonds. The fraction of sp³-hybridized carbons (Fsp3) is 0.600. The van der Waals surface area contributed by atoms with Crippen LogP contribution in [0.15, 0.2) is 0 Å². The van der Waals surface area contributed by atoms with E-state index in [-0.39, 0.29) is 0 Å². The number of rotatable bonds is 2. The molecular weight excluding hydrogens is 138 g/mol. The Morgan fingerprint density at radius 1 is 1.50 bits per heavy atom. The monoisotopic (exact) mass is 147 g/mol. The standard InChI is InChI=1S/C5H9NO4/c1-3(4(7)9-2)10-5(6)8/h3H,1-2H3,(H2,6,8)/t3-/m1/s1. The van der Waals surface area contributed by atoms with Crippen molar-refractivity contribution in [3.63, 3.8) is 0 Å². The number of nitrogens with two attached hydrogens (primary N) is 1. The Balaban J connectivity index is 3.72. The van der Waals surface area contributed by atoms with Gasteiger partial charge in [0.15, 0.2) is 6.10 Å². The molecule has 1 atom stereocenters. The van der Waals surface area contributed by atoms with E-state index in [1.54, 1.807) is 0 Å². The largest absolute Gasteiger partial charge is 0.466 e. The zero-order valence-electron chi connectivity index (χ0n) is 5.79. The van der Waals surface area contributed by atoms with Gasteiger partial charge in [-0.25, -0.2) is 9.59 Å². The zero-order valence-corrected chi connectivity index (χ0v) is 5.79. The van der Waals surface area contributed by atoms with Crippen LogP contribution >= 0.6 is 0 Å². The van der Waals surface area contributed by atoms with Gasteiger partial charge in [0.25, 0.3) is 0 Å². The second-order valence-corrected chi connectivity index (χ2v) is 1.60. The highest BCUT2D eigenvalue weighted by Gasteiger charge is 2.15. The molecule has 0 aromatic rings. The van der Waals surface area contributed by atoms with Crippen LogP contribution in [0.2, 0.25) is 0 Å². The van der Waals surface area contributed by atoms with Crippen molar-refractivity contribution < 1.29 is 19.1 Å². The summed E-state index contributed by atoms with van der Waals surface area (Å²) < 4.78 is 8.51. The van der Waals surface area contributed by atoms with Gasteiger partial charge in [0, 0.05) is 0 Å². The Morgan fingerprint density at radius 2 is 2.00 bits per heavy atom. The molecule has 0 saturated heterocycles. The maximum absolute atomic E-state index is 10.5. The van der Waals surface area contributed by atoms with E-state index in [2.05, 4.69) is 15.2 Å². The van der Waals surface area contributed by atoms with Crippen LogP contribution in [-0.2, 0) is 14.3 Å². The van der Waals surface area contributed by atoms with Gasteiger partial charge in [-0.15, -0.1) is 0 Å². The summed E-state index contributed by atoms with van der Waals surface area (Å²) in [6.07, 6.45) is -1.92. The predicted molar refractivity (Wildman–Crippen MR) is 32.1 cm³/mol. The van der Waals surface area contributed by atoms with Crippen molar-refractivity contribution in [1.82, 2.24) is 0 Å². The fourth-order valence-corrected chi connectivity index (χ4v) is 0.388. The average Bonchev–Trinajstić information content (AvgIpc) is 1.85. The first-order valence-corrected chi connectivity index (χ1v) is 2.62. The van der Waals surface area contributed by atoms with Gasteiger partial charge in [-0.2, -0.15) is 0 Å². The van der Waals surface area contributed by atoms with Gasteiger partial charge < -0.3 is 15.2 Å². The molecule has 5 nitrogen and oxygen atoms in total. The third-order valence-corrected chi connectivity index (χ3v) is 0.826. The van der Waals surface area contributed by atoms with Crippen LogP contribution in [0.5, 0.6) is 0 Å². The van der Waals surface area contributed by atoms with Crippen LogP contribution in [0.1, 0.15) is 6.92 Å². The van der Waals surface area contributed by atoms with E-state index < -0.39 is 18.2 Å². The van der Waals surface area contributed by atoms with Gasteiger partial charge >= 0.3 is 12.1 Å². The average molecular weight is 147 g/mol. The molecule has 0 aliphatic carbocycles. The minimum absolute atomic E-state index is 0.626. The Kier molecular flexibility index (Phi) is 3.24. The summed E-state index contributed by atoms with van der Waals surface area (Å²) in [5.41, 5.74) is 4.62. The van der Waals surface area contributed by atoms with Crippen LogP contribution in [-0.4, -0.2) is 25.3 Å². The lowest BCUT2D eigenvalue weighted by molar-refractivity contribution is -0.149. The number of ether oxygens (including phenoxy) is 2. The highest BCUT2D eigenvalue weighted by Crippen LogP contribution is 1.91. The van der Waals surface area contributed by atoms with Crippen molar-refractivity contribution in [1.29, 1.82) is 0 Å². The topological polar surface area (TPSA) is 78.6 Å². The predicted octanol–water partition coefficient (Wildman–Crippen LogP) is -0.357. The van der Waals surface area contributed by atoms with Crippen LogP contribution in [0.3, 0.4) is 0 Å². The number of hydrogen-bond acceptors (Lipinski definition) is 4. The molecule has 0 heterocycles. The summed E-state index contributed by atoms with van der Waals surface area (Å²) in [4.78, 5) is 20.5. The molecule has 0 fully saturated rings. The number of primary amides is 1. The van der Waals surface area contributed by atoms with Gasteiger partial charge in [0.2, 0.25) is 0 Å². The number of esters is 1. The summed E-state index contributed by atoms with van der Waals surface area (Å²) >= 11 is 0. The molecule has 0 rings (SSSR count). The van der Waals surface area contributed by atoms with Crippen LogP contribution < -0.4 is 5.73 Å². The summed E-state index contributed by atoms with van der Waals surface area (Å²) in [7, 11) is 1.20. The van der Waals surface area contributed by atoms with Crippen LogP contribution in [0.4, 0.5) is 4.79 Å². The first-order valence-electron chi connectivity index (χ1n) is 2.62. The van der Waals surface area contributed by atoms with Crippen molar-refractivity contribution in [3.8, 4) is 0 Å². The summed E-state index contributed by atoms with van der Waals surface area (Å²) in [6.45, 7) is 1.37. The lowest BCUT2D eigenvalue weighted by atomic mass is 10.4. The summed E-state index contributed by atoms with van der Waals surface area (Å²) in [6, 6.07) is 0. The van der Waals surface area contributed by atoms with Crippen LogP contribution in [0.25, 0.3) is 0 Å². The van der Waals surface area contributed by atoms with Crippen LogP contribution in [0, 0.1) is 0 Å². The molecule has 0 aliphatic rings. The Morgan fingerprint density at radius 3 is 2.30 bits per heavy atom.